The Morgan fingerprint density at radius 3 is 2.75 bits per heavy atom. The van der Waals surface area contributed by atoms with E-state index in [2.05, 4.69) is 50.2 Å². The molecule has 2 saturated heterocycles. The minimum absolute atomic E-state index is 0.129. The van der Waals surface area contributed by atoms with Crippen molar-refractivity contribution in [2.24, 2.45) is 0 Å². The fourth-order valence-electron chi connectivity index (χ4n) is 4.28. The van der Waals surface area contributed by atoms with Crippen molar-refractivity contribution in [3.8, 4) is 17.0 Å². The summed E-state index contributed by atoms with van der Waals surface area (Å²) in [5.74, 6) is 1.31. The van der Waals surface area contributed by atoms with E-state index in [1.165, 1.54) is 0 Å². The number of morpholine rings is 2. The molecule has 188 valence electrons. The molecule has 4 aromatic rings. The van der Waals surface area contributed by atoms with E-state index in [1.54, 1.807) is 35.7 Å². The number of nitrogens with one attached hydrogen (secondary N) is 1. The summed E-state index contributed by atoms with van der Waals surface area (Å²) in [4.78, 5) is 22.5. The number of H-pyrrole nitrogens is 1. The van der Waals surface area contributed by atoms with Crippen LogP contribution >= 0.6 is 0 Å². The first-order chi connectivity index (χ1) is 17.8. The number of nitrogens with zero attached hydrogens (tertiary/aromatic N) is 10. The Kier molecular flexibility index (Phi) is 6.60. The molecule has 2 aliphatic heterocycles. The molecule has 0 saturated carbocycles. The van der Waals surface area contributed by atoms with Gasteiger partial charge in [0, 0.05) is 44.5 Å². The summed E-state index contributed by atoms with van der Waals surface area (Å²) in [6.45, 7) is 7.28. The van der Waals surface area contributed by atoms with E-state index >= 15 is 0 Å². The lowest BCUT2D eigenvalue weighted by molar-refractivity contribution is 0.0272. The van der Waals surface area contributed by atoms with Crippen LogP contribution in [0.1, 0.15) is 0 Å². The molecular weight excluding hydrogens is 466 g/mol. The van der Waals surface area contributed by atoms with Gasteiger partial charge in [0.2, 0.25) is 11.6 Å². The van der Waals surface area contributed by atoms with Gasteiger partial charge < -0.3 is 19.1 Å². The van der Waals surface area contributed by atoms with Gasteiger partial charge in [0.1, 0.15) is 6.61 Å². The maximum atomic E-state index is 6.00. The Labute approximate surface area is 206 Å². The molecule has 0 spiro atoms. The van der Waals surface area contributed by atoms with Crippen LogP contribution in [0.4, 0.5) is 5.95 Å². The minimum Gasteiger partial charge on any atom is -0.489 e. The predicted molar refractivity (Wildman–Crippen MR) is 127 cm³/mol. The van der Waals surface area contributed by atoms with E-state index in [-0.39, 0.29) is 6.10 Å². The van der Waals surface area contributed by atoms with Crippen molar-refractivity contribution in [2.75, 3.05) is 64.1 Å². The molecule has 6 rings (SSSR count). The molecular formula is C22H27N11O3. The molecule has 0 unspecified atom stereocenters. The number of rotatable bonds is 8. The van der Waals surface area contributed by atoms with E-state index < -0.39 is 0 Å². The highest BCUT2D eigenvalue weighted by atomic mass is 16.5. The Balaban J connectivity index is 1.06. The molecule has 14 nitrogen and oxygen atoms in total. The van der Waals surface area contributed by atoms with Crippen LogP contribution in [0, 0.1) is 0 Å². The zero-order valence-electron chi connectivity index (χ0n) is 19.7. The van der Waals surface area contributed by atoms with Crippen LogP contribution in [0.3, 0.4) is 0 Å². The Bertz CT molecular complexity index is 1260. The zero-order valence-corrected chi connectivity index (χ0v) is 19.7. The van der Waals surface area contributed by atoms with Gasteiger partial charge in [0.25, 0.3) is 0 Å². The number of ether oxygens (including phenoxy) is 3. The van der Waals surface area contributed by atoms with E-state index in [0.717, 1.165) is 38.4 Å². The van der Waals surface area contributed by atoms with Crippen molar-refractivity contribution in [2.45, 2.75) is 12.6 Å². The number of fused-ring (bicyclic) bond motifs is 1. The van der Waals surface area contributed by atoms with Crippen LogP contribution < -0.4 is 9.64 Å². The number of aromatic amines is 1. The van der Waals surface area contributed by atoms with Crippen molar-refractivity contribution in [1.82, 2.24) is 50.0 Å². The quantitative estimate of drug-likeness (QED) is 0.353. The highest BCUT2D eigenvalue weighted by Gasteiger charge is 2.24. The average Bonchev–Trinajstić information content (AvgIpc) is 3.61. The summed E-state index contributed by atoms with van der Waals surface area (Å²) in [6, 6.07) is 0. The molecule has 0 amide bonds. The first-order valence-electron chi connectivity index (χ1n) is 12.0. The average molecular weight is 494 g/mol. The summed E-state index contributed by atoms with van der Waals surface area (Å²) in [5, 5.41) is 15.2. The second-order valence-electron chi connectivity index (χ2n) is 8.62. The SMILES string of the molecule is c1nc(N2CCO[C@H](Cn3nnc4ncc(-c5cn[nH]c5)nc43)C2)ncc1OCCN1CCOCC1. The summed E-state index contributed by atoms with van der Waals surface area (Å²) >= 11 is 0. The van der Waals surface area contributed by atoms with Crippen LogP contribution in [0.2, 0.25) is 0 Å². The van der Waals surface area contributed by atoms with Crippen LogP contribution in [-0.2, 0) is 16.0 Å². The highest BCUT2D eigenvalue weighted by Crippen LogP contribution is 2.19. The molecule has 1 N–H and O–H groups in total. The van der Waals surface area contributed by atoms with E-state index in [1.807, 2.05) is 0 Å². The molecule has 14 heteroatoms. The molecule has 2 fully saturated rings. The van der Waals surface area contributed by atoms with Crippen LogP contribution in [0.5, 0.6) is 5.75 Å². The molecule has 0 bridgehead atoms. The topological polar surface area (TPSA) is 145 Å². The van der Waals surface area contributed by atoms with Crippen molar-refractivity contribution >= 4 is 17.2 Å². The van der Waals surface area contributed by atoms with Crippen molar-refractivity contribution in [1.29, 1.82) is 0 Å². The molecule has 0 radical (unpaired) electrons. The smallest absolute Gasteiger partial charge is 0.225 e. The largest absolute Gasteiger partial charge is 0.489 e. The van der Waals surface area contributed by atoms with Gasteiger partial charge in [-0.15, -0.1) is 5.10 Å². The predicted octanol–water partition coefficient (Wildman–Crippen LogP) is 0.0178. The number of anilines is 1. The summed E-state index contributed by atoms with van der Waals surface area (Å²) in [7, 11) is 0. The van der Waals surface area contributed by atoms with Crippen molar-refractivity contribution in [3.05, 3.63) is 31.0 Å². The first-order valence-corrected chi connectivity index (χ1v) is 12.0. The lowest BCUT2D eigenvalue weighted by atomic mass is 10.2. The maximum absolute atomic E-state index is 6.00. The Morgan fingerprint density at radius 1 is 1.03 bits per heavy atom. The molecule has 1 atom stereocenters. The van der Waals surface area contributed by atoms with Gasteiger partial charge in [-0.25, -0.2) is 24.6 Å². The monoisotopic (exact) mass is 493 g/mol. The van der Waals surface area contributed by atoms with Gasteiger partial charge in [0.05, 0.1) is 63.0 Å². The Morgan fingerprint density at radius 2 is 1.92 bits per heavy atom. The van der Waals surface area contributed by atoms with Gasteiger partial charge in [0.15, 0.2) is 11.4 Å². The third-order valence-corrected chi connectivity index (χ3v) is 6.21. The number of aromatic nitrogens is 9. The van der Waals surface area contributed by atoms with Gasteiger partial charge >= 0.3 is 0 Å². The molecule has 4 aromatic heterocycles. The van der Waals surface area contributed by atoms with Gasteiger partial charge in [-0.2, -0.15) is 5.10 Å². The molecule has 6 heterocycles. The second kappa shape index (κ2) is 10.5. The fraction of sp³-hybridized carbons (Fsp3) is 0.500. The molecule has 2 aliphatic rings. The molecule has 36 heavy (non-hydrogen) atoms. The van der Waals surface area contributed by atoms with Crippen molar-refractivity contribution < 1.29 is 14.2 Å². The normalized spacial score (nSPS) is 19.1. The standard InChI is InChI=1S/C22H27N11O3/c1-5-34-6-2-31(1)3-7-35-17-11-24-22(25-12-17)32-4-8-36-18(14-32)15-33-21-20(29-30-33)23-13-19(28-21)16-9-26-27-10-16/h9-13,18H,1-8,14-15H2,(H,26,27)/t18-/m0/s1. The van der Waals surface area contributed by atoms with Crippen LogP contribution in [0.25, 0.3) is 22.6 Å². The number of hydrogen-bond donors (Lipinski definition) is 1. The third kappa shape index (κ3) is 5.10. The minimum atomic E-state index is -0.129. The van der Waals surface area contributed by atoms with E-state index in [9.17, 15) is 0 Å². The van der Waals surface area contributed by atoms with Crippen molar-refractivity contribution in [3.63, 3.8) is 0 Å². The third-order valence-electron chi connectivity index (χ3n) is 6.21. The maximum Gasteiger partial charge on any atom is 0.225 e. The lowest BCUT2D eigenvalue weighted by Crippen LogP contribution is -2.45. The van der Waals surface area contributed by atoms with Crippen LogP contribution in [0.15, 0.2) is 31.0 Å². The second-order valence-corrected chi connectivity index (χ2v) is 8.62. The Hall–Kier alpha value is -3.75. The summed E-state index contributed by atoms with van der Waals surface area (Å²) in [5.41, 5.74) is 2.64. The number of hydrogen-bond acceptors (Lipinski definition) is 12. The highest BCUT2D eigenvalue weighted by molar-refractivity contribution is 5.69. The lowest BCUT2D eigenvalue weighted by Gasteiger charge is -2.32. The van der Waals surface area contributed by atoms with Gasteiger partial charge in [-0.05, 0) is 0 Å². The van der Waals surface area contributed by atoms with E-state index in [4.69, 9.17) is 14.2 Å². The zero-order chi connectivity index (χ0) is 24.2. The van der Waals surface area contributed by atoms with E-state index in [0.29, 0.717) is 61.5 Å². The van der Waals surface area contributed by atoms with Gasteiger partial charge in [-0.3, -0.25) is 10.00 Å². The fourth-order valence-corrected chi connectivity index (χ4v) is 4.28. The molecule has 0 aromatic carbocycles. The molecule has 0 aliphatic carbocycles. The van der Waals surface area contributed by atoms with Gasteiger partial charge in [-0.1, -0.05) is 5.21 Å². The van der Waals surface area contributed by atoms with Crippen LogP contribution in [-0.4, -0.2) is 115 Å². The first kappa shape index (κ1) is 22.7. The summed E-state index contributed by atoms with van der Waals surface area (Å²) < 4.78 is 18.9. The summed E-state index contributed by atoms with van der Waals surface area (Å²) in [6.07, 6.45) is 8.46.